The molecule has 0 aliphatic heterocycles. The van der Waals surface area contributed by atoms with Crippen molar-refractivity contribution in [3.8, 4) is 0 Å². The van der Waals surface area contributed by atoms with Crippen molar-refractivity contribution in [2.45, 2.75) is 12.2 Å². The molecule has 7 heteroatoms. The molecule has 0 radical (unpaired) electrons. The van der Waals surface area contributed by atoms with Crippen molar-refractivity contribution in [3.05, 3.63) is 24.3 Å². The lowest BCUT2D eigenvalue weighted by atomic mass is 10.3. The van der Waals surface area contributed by atoms with Gasteiger partial charge in [-0.05, 0) is 19.1 Å². The van der Waals surface area contributed by atoms with E-state index in [2.05, 4.69) is 10.3 Å². The van der Waals surface area contributed by atoms with Gasteiger partial charge in [-0.3, -0.25) is 4.79 Å². The monoisotopic (exact) mass is 284 g/mol. The maximum Gasteiger partial charge on any atom is 0.244 e. The van der Waals surface area contributed by atoms with Crippen LogP contribution in [0.4, 0.5) is 5.13 Å². The van der Waals surface area contributed by atoms with E-state index >= 15 is 0 Å². The second kappa shape index (κ2) is 4.66. The van der Waals surface area contributed by atoms with Gasteiger partial charge in [0, 0.05) is 6.26 Å². The minimum atomic E-state index is -3.39. The van der Waals surface area contributed by atoms with Crippen LogP contribution >= 0.6 is 11.3 Å². The number of thiazole rings is 1. The zero-order chi connectivity index (χ0) is 13.3. The van der Waals surface area contributed by atoms with Crippen LogP contribution in [0.1, 0.15) is 6.92 Å². The molecule has 2 aromatic rings. The number of nitrogens with one attached hydrogen (secondary N) is 1. The number of rotatable bonds is 3. The summed E-state index contributed by atoms with van der Waals surface area (Å²) in [7, 11) is -3.39. The molecule has 1 atom stereocenters. The van der Waals surface area contributed by atoms with Crippen molar-refractivity contribution in [2.75, 3.05) is 11.6 Å². The number of amides is 1. The highest BCUT2D eigenvalue weighted by atomic mass is 32.2. The van der Waals surface area contributed by atoms with Crippen LogP contribution in [0.15, 0.2) is 24.3 Å². The predicted octanol–water partition coefficient (Wildman–Crippen LogP) is 1.67. The van der Waals surface area contributed by atoms with Crippen molar-refractivity contribution in [1.82, 2.24) is 4.98 Å². The topological polar surface area (TPSA) is 76.1 Å². The first-order valence-corrected chi connectivity index (χ1v) is 8.00. The molecule has 0 saturated carbocycles. The zero-order valence-electron chi connectivity index (χ0n) is 9.88. The fraction of sp³-hybridized carbons (Fsp3) is 0.273. The summed E-state index contributed by atoms with van der Waals surface area (Å²) < 4.78 is 23.5. The number of hydrogen-bond acceptors (Lipinski definition) is 5. The Kier molecular flexibility index (Phi) is 3.36. The first-order valence-electron chi connectivity index (χ1n) is 5.23. The van der Waals surface area contributed by atoms with E-state index < -0.39 is 21.0 Å². The van der Waals surface area contributed by atoms with Crippen molar-refractivity contribution in [1.29, 1.82) is 0 Å². The molecule has 1 N–H and O–H groups in total. The van der Waals surface area contributed by atoms with E-state index in [0.29, 0.717) is 5.13 Å². The Hall–Kier alpha value is -1.47. The van der Waals surface area contributed by atoms with E-state index in [0.717, 1.165) is 16.5 Å². The Morgan fingerprint density at radius 3 is 2.67 bits per heavy atom. The number of hydrogen-bond donors (Lipinski definition) is 1. The van der Waals surface area contributed by atoms with E-state index in [1.165, 1.54) is 18.3 Å². The van der Waals surface area contributed by atoms with Crippen molar-refractivity contribution >= 4 is 42.4 Å². The molecule has 1 amide bonds. The lowest BCUT2D eigenvalue weighted by Gasteiger charge is -2.07. The second-order valence-corrected chi connectivity index (χ2v) is 7.34. The van der Waals surface area contributed by atoms with Gasteiger partial charge in [-0.1, -0.05) is 23.5 Å². The van der Waals surface area contributed by atoms with Crippen LogP contribution in [-0.2, 0) is 14.6 Å². The molecule has 2 rings (SSSR count). The molecular weight excluding hydrogens is 272 g/mol. The Labute approximate surface area is 109 Å². The van der Waals surface area contributed by atoms with Gasteiger partial charge in [-0.25, -0.2) is 13.4 Å². The summed E-state index contributed by atoms with van der Waals surface area (Å²) in [4.78, 5) is 15.9. The molecule has 0 aliphatic rings. The maximum absolute atomic E-state index is 11.7. The van der Waals surface area contributed by atoms with Gasteiger partial charge in [0.15, 0.2) is 15.0 Å². The molecule has 0 bridgehead atoms. The van der Waals surface area contributed by atoms with Crippen molar-refractivity contribution in [3.63, 3.8) is 0 Å². The number of sulfone groups is 1. The molecule has 5 nitrogen and oxygen atoms in total. The molecule has 0 saturated heterocycles. The van der Waals surface area contributed by atoms with E-state index in [9.17, 15) is 13.2 Å². The zero-order valence-corrected chi connectivity index (χ0v) is 11.5. The van der Waals surface area contributed by atoms with Gasteiger partial charge < -0.3 is 5.32 Å². The third kappa shape index (κ3) is 2.68. The Bertz CT molecular complexity index is 658. The maximum atomic E-state index is 11.7. The highest BCUT2D eigenvalue weighted by Crippen LogP contribution is 2.25. The van der Waals surface area contributed by atoms with Crippen LogP contribution in [0.3, 0.4) is 0 Å². The van der Waals surface area contributed by atoms with Crippen LogP contribution in [0, 0.1) is 0 Å². The summed E-state index contributed by atoms with van der Waals surface area (Å²) in [5.74, 6) is -0.559. The number of benzene rings is 1. The minimum Gasteiger partial charge on any atom is -0.301 e. The average molecular weight is 284 g/mol. The van der Waals surface area contributed by atoms with Gasteiger partial charge in [-0.2, -0.15) is 0 Å². The molecule has 1 heterocycles. The van der Waals surface area contributed by atoms with E-state index in [1.54, 1.807) is 0 Å². The third-order valence-electron chi connectivity index (χ3n) is 2.54. The summed E-state index contributed by atoms with van der Waals surface area (Å²) in [6.45, 7) is 1.36. The Morgan fingerprint density at radius 1 is 1.39 bits per heavy atom. The van der Waals surface area contributed by atoms with Gasteiger partial charge in [0.25, 0.3) is 0 Å². The van der Waals surface area contributed by atoms with Crippen molar-refractivity contribution < 1.29 is 13.2 Å². The predicted molar refractivity (Wildman–Crippen MR) is 72.6 cm³/mol. The molecule has 1 unspecified atom stereocenters. The van der Waals surface area contributed by atoms with Gasteiger partial charge in [-0.15, -0.1) is 0 Å². The fourth-order valence-corrected chi connectivity index (χ4v) is 2.64. The Balaban J connectivity index is 2.22. The summed E-state index contributed by atoms with van der Waals surface area (Å²) in [5.41, 5.74) is 0.782. The largest absolute Gasteiger partial charge is 0.301 e. The van der Waals surface area contributed by atoms with Crippen LogP contribution in [-0.4, -0.2) is 30.8 Å². The molecule has 0 spiro atoms. The molecule has 96 valence electrons. The summed E-state index contributed by atoms with van der Waals surface area (Å²) in [6.07, 6.45) is 1.04. The van der Waals surface area contributed by atoms with Gasteiger partial charge >= 0.3 is 0 Å². The first-order chi connectivity index (χ1) is 8.38. The van der Waals surface area contributed by atoms with Crippen LogP contribution in [0.2, 0.25) is 0 Å². The van der Waals surface area contributed by atoms with Gasteiger partial charge in [0.2, 0.25) is 5.91 Å². The molecule has 0 aliphatic carbocycles. The highest BCUT2D eigenvalue weighted by Gasteiger charge is 2.24. The summed E-state index contributed by atoms with van der Waals surface area (Å²) in [5, 5.41) is 1.86. The molecule has 18 heavy (non-hydrogen) atoms. The molecular formula is C11H12N2O3S2. The fourth-order valence-electron chi connectivity index (χ4n) is 1.33. The Morgan fingerprint density at radius 2 is 2.06 bits per heavy atom. The van der Waals surface area contributed by atoms with E-state index in [1.807, 2.05) is 24.3 Å². The molecule has 0 fully saturated rings. The molecule has 1 aromatic heterocycles. The summed E-state index contributed by atoms with van der Waals surface area (Å²) in [6, 6.07) is 7.46. The standard InChI is InChI=1S/C11H12N2O3S2/c1-7(18(2,15)16)10(14)13-11-12-8-5-3-4-6-9(8)17-11/h3-7H,1-2H3,(H,12,13,14). The lowest BCUT2D eigenvalue weighted by molar-refractivity contribution is -0.115. The number of para-hydroxylation sites is 1. The highest BCUT2D eigenvalue weighted by molar-refractivity contribution is 7.92. The SMILES string of the molecule is CC(C(=O)Nc1nc2ccccc2s1)S(C)(=O)=O. The number of fused-ring (bicyclic) bond motifs is 1. The van der Waals surface area contributed by atoms with Crippen molar-refractivity contribution in [2.24, 2.45) is 0 Å². The third-order valence-corrected chi connectivity index (χ3v) is 4.99. The molecule has 1 aromatic carbocycles. The van der Waals surface area contributed by atoms with Gasteiger partial charge in [0.05, 0.1) is 10.2 Å². The first kappa shape index (κ1) is 13.0. The number of nitrogens with zero attached hydrogens (tertiary/aromatic N) is 1. The van der Waals surface area contributed by atoms with Gasteiger partial charge in [0.1, 0.15) is 5.25 Å². The quantitative estimate of drug-likeness (QED) is 0.930. The lowest BCUT2D eigenvalue weighted by Crippen LogP contribution is -2.31. The van der Waals surface area contributed by atoms with Crippen LogP contribution in [0.5, 0.6) is 0 Å². The number of carbonyl (C=O) groups is 1. The normalized spacial score (nSPS) is 13.4. The van der Waals surface area contributed by atoms with Crippen LogP contribution < -0.4 is 5.32 Å². The van der Waals surface area contributed by atoms with Crippen LogP contribution in [0.25, 0.3) is 10.2 Å². The second-order valence-electron chi connectivity index (χ2n) is 3.95. The van der Waals surface area contributed by atoms with E-state index in [4.69, 9.17) is 0 Å². The number of anilines is 1. The van der Waals surface area contributed by atoms with E-state index in [-0.39, 0.29) is 0 Å². The minimum absolute atomic E-state index is 0.414. The number of carbonyl (C=O) groups excluding carboxylic acids is 1. The smallest absolute Gasteiger partial charge is 0.244 e. The average Bonchev–Trinajstić information content (AvgIpc) is 2.68. The summed E-state index contributed by atoms with van der Waals surface area (Å²) >= 11 is 1.32. The number of aromatic nitrogens is 1.